The number of hydrogen-bond donors (Lipinski definition) is 0. The van der Waals surface area contributed by atoms with Crippen LogP contribution in [-0.4, -0.2) is 53.8 Å². The highest BCUT2D eigenvalue weighted by molar-refractivity contribution is 8.12. The third kappa shape index (κ3) is 58.9. The van der Waals surface area contributed by atoms with Crippen LogP contribution in [0.3, 0.4) is 0 Å². The minimum absolute atomic E-state index is 0.0869. The first kappa shape index (κ1) is 50.8. The Balaban J connectivity index is -0.000000192. The zero-order valence-electron chi connectivity index (χ0n) is 30.8. The van der Waals surface area contributed by atoms with Crippen molar-refractivity contribution in [1.82, 2.24) is 0 Å². The molecule has 0 atom stereocenters. The van der Waals surface area contributed by atoms with E-state index in [2.05, 4.69) is 38.2 Å². The highest BCUT2D eigenvalue weighted by Crippen LogP contribution is 2.01. The van der Waals surface area contributed by atoms with Crippen LogP contribution in [0.15, 0.2) is 131 Å². The van der Waals surface area contributed by atoms with Crippen molar-refractivity contribution in [3.63, 3.8) is 0 Å². The van der Waals surface area contributed by atoms with Gasteiger partial charge in [0.1, 0.15) is 18.9 Å². The van der Waals surface area contributed by atoms with E-state index in [9.17, 15) is 22.8 Å². The first-order valence-electron chi connectivity index (χ1n) is 15.4. The van der Waals surface area contributed by atoms with Gasteiger partial charge in [-0.25, -0.2) is 8.42 Å². The van der Waals surface area contributed by atoms with Crippen LogP contribution in [0, 0.1) is 0 Å². The van der Waals surface area contributed by atoms with E-state index in [-0.39, 0.29) is 18.1 Å². The maximum absolute atomic E-state index is 10.9. The standard InChI is InChI=1S/C18H24O.C10H12O2.C8H14BO2S.2CO2/c1-5-6-10-16(2)13-9-14-17(3)11-7-8-12-18(4)15-19;1-9(7-11)5-3-4-6-10(2)8-12;1-3-4-5-8(2)6-7-12(9,10)11;2*2-1-3/h6-15H,5H2,1-4H3;3-8H,1-2H3;4-6,9H,3,7H2,1-2H3;;/b8-7+,10-6+,14-9+,16-13+,17-11+,18-12+;4-3+,9-5+,10-6+;5-4+,8-6+;;/i;;9T;;. The minimum Gasteiger partial charge on any atom is -0.298 e. The molecule has 0 amide bonds. The molecule has 0 fully saturated rings. The summed E-state index contributed by atoms with van der Waals surface area (Å²) >= 11 is 0. The third-order valence-electron chi connectivity index (χ3n) is 4.81. The molecule has 0 unspecified atom stereocenters. The van der Waals surface area contributed by atoms with Gasteiger partial charge in [-0.2, -0.15) is 19.2 Å². The summed E-state index contributed by atoms with van der Waals surface area (Å²) in [7, 11) is -2.82. The van der Waals surface area contributed by atoms with Crippen LogP contribution in [0.5, 0.6) is 0 Å². The van der Waals surface area contributed by atoms with Crippen LogP contribution in [0.1, 0.15) is 68.2 Å². The molecule has 0 heterocycles. The summed E-state index contributed by atoms with van der Waals surface area (Å²) in [4.78, 5) is 63.1. The number of carbonyl (C=O) groups excluding carboxylic acids is 7. The molecule has 0 rings (SSSR count). The van der Waals surface area contributed by atoms with Gasteiger partial charge >= 0.3 is 12.3 Å². The van der Waals surface area contributed by atoms with Gasteiger partial charge in [-0.1, -0.05) is 128 Å². The molecule has 0 aromatic heterocycles. The number of aldehydes is 3. The quantitative estimate of drug-likeness (QED) is 0.0726. The Kier molecular flexibility index (Phi) is 42.4. The van der Waals surface area contributed by atoms with Crippen LogP contribution >= 0.6 is 0 Å². The molecule has 11 heteroatoms. The highest BCUT2D eigenvalue weighted by atomic mass is 32.2. The Hall–Kier alpha value is -5.08. The summed E-state index contributed by atoms with van der Waals surface area (Å²) < 4.78 is 28.4. The Labute approximate surface area is 295 Å². The van der Waals surface area contributed by atoms with E-state index < -0.39 is 9.69 Å². The normalized spacial score (nSPS) is 13.1. The molecule has 0 saturated heterocycles. The van der Waals surface area contributed by atoms with Crippen molar-refractivity contribution in [2.75, 3.05) is 5.75 Å². The summed E-state index contributed by atoms with van der Waals surface area (Å²) in [5, 5.41) is 0. The molecular weight excluding hydrogens is 643 g/mol. The maximum Gasteiger partial charge on any atom is 0.373 e. The zero-order valence-corrected chi connectivity index (χ0v) is 30.6. The van der Waals surface area contributed by atoms with Gasteiger partial charge in [0.2, 0.25) is 0 Å². The molecule has 0 spiro atoms. The van der Waals surface area contributed by atoms with Crippen molar-refractivity contribution in [1.29, 1.82) is 1.34 Å². The fourth-order valence-corrected chi connectivity index (χ4v) is 2.83. The van der Waals surface area contributed by atoms with Gasteiger partial charge in [0.25, 0.3) is 7.09 Å². The van der Waals surface area contributed by atoms with Crippen molar-refractivity contribution in [3.05, 3.63) is 131 Å². The lowest BCUT2D eigenvalue weighted by Gasteiger charge is -1.92. The fourth-order valence-electron chi connectivity index (χ4n) is 2.33. The predicted octanol–water partition coefficient (Wildman–Crippen LogP) is 6.90. The number of carbonyl (C=O) groups is 3. The smallest absolute Gasteiger partial charge is 0.298 e. The summed E-state index contributed by atoms with van der Waals surface area (Å²) in [6, 6.07) is 0. The van der Waals surface area contributed by atoms with Gasteiger partial charge in [-0.3, -0.25) is 14.4 Å². The Morgan fingerprint density at radius 2 is 0.857 bits per heavy atom. The van der Waals surface area contributed by atoms with E-state index in [0.717, 1.165) is 48.4 Å². The number of rotatable bonds is 16. The van der Waals surface area contributed by atoms with Crippen molar-refractivity contribution in [2.45, 2.75) is 68.2 Å². The Bertz CT molecular complexity index is 1450. The van der Waals surface area contributed by atoms with Crippen LogP contribution in [0.4, 0.5) is 0 Å². The molecule has 1 radical (unpaired) electrons. The van der Waals surface area contributed by atoms with E-state index in [1.807, 2.05) is 57.2 Å². The topological polar surface area (TPSA) is 154 Å². The van der Waals surface area contributed by atoms with Gasteiger partial charge < -0.3 is 0 Å². The van der Waals surface area contributed by atoms with Crippen LogP contribution in [-0.2, 0) is 43.3 Å². The van der Waals surface area contributed by atoms with Crippen molar-refractivity contribution >= 4 is 47.9 Å². The lowest BCUT2D eigenvalue weighted by Crippen LogP contribution is -2.01. The molecule has 49 heavy (non-hydrogen) atoms. The second-order valence-electron chi connectivity index (χ2n) is 9.60. The second-order valence-corrected chi connectivity index (χ2v) is 11.3. The summed E-state index contributed by atoms with van der Waals surface area (Å²) in [5.74, 6) is -0.0869. The molecule has 9 nitrogen and oxygen atoms in total. The van der Waals surface area contributed by atoms with E-state index in [0.29, 0.717) is 18.2 Å². The minimum atomic E-state index is -3.31. The molecular formula is C38H50BO9S. The van der Waals surface area contributed by atoms with Gasteiger partial charge in [-0.05, 0) is 72.4 Å². The maximum atomic E-state index is 10.9. The number of hydrogen-bond acceptors (Lipinski definition) is 9. The molecule has 0 bridgehead atoms. The highest BCUT2D eigenvalue weighted by Gasteiger charge is 1.96. The molecule has 265 valence electrons. The van der Waals surface area contributed by atoms with E-state index >= 15 is 0 Å². The van der Waals surface area contributed by atoms with Gasteiger partial charge in [0, 0.05) is 0 Å². The molecule has 0 saturated carbocycles. The van der Waals surface area contributed by atoms with Crippen molar-refractivity contribution in [2.24, 2.45) is 0 Å². The van der Waals surface area contributed by atoms with Crippen molar-refractivity contribution in [3.8, 4) is 0 Å². The molecule has 0 aromatic rings. The molecule has 0 aromatic carbocycles. The predicted molar refractivity (Wildman–Crippen MR) is 198 cm³/mol. The molecule has 0 aliphatic carbocycles. The SMILES string of the molecule is CC/C=C/C(C)=C/C=C/C(C)=C/C=C/C=C(\C)C=O.C\C(C=O)=C/C=C/C=C(\C)C=O.O=C=O.O=C=O.[3H][B]S(=O)(=O)C/C=C(C)/C=C/CC. The van der Waals surface area contributed by atoms with E-state index in [1.54, 1.807) is 57.2 Å². The second kappa shape index (κ2) is 40.9. The average molecular weight is 696 g/mol. The van der Waals surface area contributed by atoms with Gasteiger partial charge in [-0.15, -0.1) is 0 Å². The van der Waals surface area contributed by atoms with Crippen LogP contribution in [0.25, 0.3) is 0 Å². The molecule has 0 aliphatic heterocycles. The lowest BCUT2D eigenvalue weighted by atomic mass is 10.2. The summed E-state index contributed by atoms with van der Waals surface area (Å²) in [6.45, 7) is 15.3. The molecule has 0 N–H and O–H groups in total. The van der Waals surface area contributed by atoms with Gasteiger partial charge in [0.05, 0.1) is 15.4 Å². The number of allylic oxidation sites excluding steroid dienone is 21. The Morgan fingerprint density at radius 1 is 0.551 bits per heavy atom. The zero-order chi connectivity index (χ0) is 39.6. The lowest BCUT2D eigenvalue weighted by molar-refractivity contribution is -0.193. The Morgan fingerprint density at radius 3 is 1.18 bits per heavy atom. The molecule has 0 aliphatic rings. The van der Waals surface area contributed by atoms with E-state index in [1.165, 1.54) is 5.57 Å². The third-order valence-corrected chi connectivity index (χ3v) is 5.44. The van der Waals surface area contributed by atoms with Gasteiger partial charge in [0.15, 0.2) is 0 Å². The van der Waals surface area contributed by atoms with Crippen LogP contribution in [0.2, 0.25) is 0 Å². The van der Waals surface area contributed by atoms with Crippen LogP contribution < -0.4 is 0 Å². The van der Waals surface area contributed by atoms with E-state index in [4.69, 9.17) is 20.5 Å². The first-order valence-corrected chi connectivity index (χ1v) is 16.5. The first-order chi connectivity index (χ1) is 23.6. The monoisotopic (exact) mass is 695 g/mol. The van der Waals surface area contributed by atoms with Crippen molar-refractivity contribution < 1.29 is 42.0 Å². The summed E-state index contributed by atoms with van der Waals surface area (Å²) in [5.41, 5.74) is 5.35. The largest absolute Gasteiger partial charge is 0.373 e. The summed E-state index contributed by atoms with van der Waals surface area (Å²) in [6.07, 6.45) is 35.2. The average Bonchev–Trinajstić information content (AvgIpc) is 3.10. The fraction of sp³-hybridized carbons (Fsp3) is 0.289.